The maximum atomic E-state index is 6.44. The molecule has 2 aliphatic heterocycles. The van der Waals surface area contributed by atoms with Gasteiger partial charge in [0.15, 0.2) is 5.82 Å². The van der Waals surface area contributed by atoms with Gasteiger partial charge >= 0.3 is 0 Å². The van der Waals surface area contributed by atoms with Gasteiger partial charge in [0.1, 0.15) is 0 Å². The Morgan fingerprint density at radius 3 is 2.41 bits per heavy atom. The summed E-state index contributed by atoms with van der Waals surface area (Å²) in [4.78, 5) is 7.27. The molecule has 0 atom stereocenters. The number of nitrogens with one attached hydrogen (secondary N) is 1. The van der Waals surface area contributed by atoms with Crippen LogP contribution >= 0.6 is 23.2 Å². The predicted molar refractivity (Wildman–Crippen MR) is 142 cm³/mol. The van der Waals surface area contributed by atoms with Crippen LogP contribution < -0.4 is 15.1 Å². The molecule has 1 fully saturated rings. The molecule has 0 saturated carbocycles. The molecule has 2 aliphatic rings. The number of rotatable bonds is 5. The van der Waals surface area contributed by atoms with Crippen molar-refractivity contribution in [2.24, 2.45) is 0 Å². The van der Waals surface area contributed by atoms with E-state index in [0.29, 0.717) is 17.6 Å². The molecular formula is C26H30Cl2N6. The number of nitrogens with zero attached hydrogens (tertiary/aromatic N) is 5. The van der Waals surface area contributed by atoms with Crippen LogP contribution in [0.1, 0.15) is 19.4 Å². The third-order valence-corrected chi connectivity index (χ3v) is 7.33. The molecule has 3 aromatic rings. The highest BCUT2D eigenvalue weighted by atomic mass is 35.5. The van der Waals surface area contributed by atoms with Crippen molar-refractivity contribution in [2.45, 2.75) is 26.4 Å². The summed E-state index contributed by atoms with van der Waals surface area (Å²) >= 11 is 12.6. The van der Waals surface area contributed by atoms with Gasteiger partial charge in [0.05, 0.1) is 11.4 Å². The third-order valence-electron chi connectivity index (χ3n) is 6.73. The topological polar surface area (TPSA) is 47.5 Å². The Morgan fingerprint density at radius 1 is 0.912 bits per heavy atom. The summed E-state index contributed by atoms with van der Waals surface area (Å²) in [7, 11) is 0. The Bertz CT molecular complexity index is 1140. The SMILES string of the molecule is CC(C)N1CCN(c2ccc(-c3cc4c(nn3)NCCN4Cc3cc(Cl)ccc3Cl)cc2)CC1. The molecule has 5 rings (SSSR count). The van der Waals surface area contributed by atoms with Crippen LogP contribution in [0, 0.1) is 0 Å². The first-order valence-corrected chi connectivity index (χ1v) is 12.6. The lowest BCUT2D eigenvalue weighted by molar-refractivity contribution is 0.209. The lowest BCUT2D eigenvalue weighted by Crippen LogP contribution is -2.48. The smallest absolute Gasteiger partial charge is 0.172 e. The molecule has 6 nitrogen and oxygen atoms in total. The van der Waals surface area contributed by atoms with Gasteiger partial charge in [-0.15, -0.1) is 10.2 Å². The molecule has 0 radical (unpaired) electrons. The van der Waals surface area contributed by atoms with E-state index in [4.69, 9.17) is 23.2 Å². The number of piperazine rings is 1. The quantitative estimate of drug-likeness (QED) is 0.509. The second kappa shape index (κ2) is 9.98. The molecule has 2 aromatic carbocycles. The second-order valence-corrected chi connectivity index (χ2v) is 10.1. The third kappa shape index (κ3) is 4.95. The van der Waals surface area contributed by atoms with Gasteiger partial charge in [-0.3, -0.25) is 4.90 Å². The standard InChI is InChI=1S/C26H30Cl2N6/c1-18(2)32-11-13-33(14-12-32)22-6-3-19(4-7-22)24-16-25-26(31-30-24)29-9-10-34(25)17-20-15-21(27)5-8-23(20)28/h3-8,15-16,18H,9-14,17H2,1-2H3,(H,29,31). The van der Waals surface area contributed by atoms with Crippen molar-refractivity contribution in [3.05, 3.63) is 64.1 Å². The molecule has 8 heteroatoms. The molecule has 0 aliphatic carbocycles. The summed E-state index contributed by atoms with van der Waals surface area (Å²) in [5.74, 6) is 0.799. The van der Waals surface area contributed by atoms with E-state index in [1.54, 1.807) is 0 Å². The van der Waals surface area contributed by atoms with E-state index in [-0.39, 0.29) is 0 Å². The molecule has 0 amide bonds. The van der Waals surface area contributed by atoms with Crippen molar-refractivity contribution in [3.63, 3.8) is 0 Å². The average Bonchev–Trinajstić information content (AvgIpc) is 2.86. The molecule has 0 spiro atoms. The first kappa shape index (κ1) is 23.2. The predicted octanol–water partition coefficient (Wildman–Crippen LogP) is 5.41. The highest BCUT2D eigenvalue weighted by Gasteiger charge is 2.22. The molecule has 178 valence electrons. The first-order chi connectivity index (χ1) is 16.5. The number of anilines is 3. The van der Waals surface area contributed by atoms with Crippen LogP contribution in [0.5, 0.6) is 0 Å². The molecule has 34 heavy (non-hydrogen) atoms. The molecule has 3 heterocycles. The molecule has 0 unspecified atom stereocenters. The maximum Gasteiger partial charge on any atom is 0.172 e. The molecule has 0 bridgehead atoms. The lowest BCUT2D eigenvalue weighted by Gasteiger charge is -2.38. The monoisotopic (exact) mass is 496 g/mol. The minimum atomic E-state index is 0.607. The van der Waals surface area contributed by atoms with E-state index in [9.17, 15) is 0 Å². The fourth-order valence-electron chi connectivity index (χ4n) is 4.69. The zero-order valence-corrected chi connectivity index (χ0v) is 21.1. The zero-order valence-electron chi connectivity index (χ0n) is 19.6. The van der Waals surface area contributed by atoms with Crippen LogP contribution in [0.4, 0.5) is 17.2 Å². The van der Waals surface area contributed by atoms with E-state index in [1.807, 2.05) is 18.2 Å². The lowest BCUT2D eigenvalue weighted by atomic mass is 10.1. The second-order valence-electron chi connectivity index (χ2n) is 9.21. The van der Waals surface area contributed by atoms with E-state index in [0.717, 1.165) is 72.6 Å². The van der Waals surface area contributed by atoms with E-state index in [2.05, 4.69) is 74.4 Å². The Kier molecular flexibility index (Phi) is 6.82. The van der Waals surface area contributed by atoms with Gasteiger partial charge < -0.3 is 15.1 Å². The van der Waals surface area contributed by atoms with Crippen LogP contribution in [-0.2, 0) is 6.54 Å². The number of fused-ring (bicyclic) bond motifs is 1. The number of hydrogen-bond donors (Lipinski definition) is 1. The van der Waals surface area contributed by atoms with E-state index >= 15 is 0 Å². The zero-order chi connectivity index (χ0) is 23.7. The van der Waals surface area contributed by atoms with Crippen molar-refractivity contribution in [3.8, 4) is 11.3 Å². The molecule has 1 aromatic heterocycles. The van der Waals surface area contributed by atoms with Crippen molar-refractivity contribution in [1.29, 1.82) is 0 Å². The summed E-state index contributed by atoms with van der Waals surface area (Å²) in [6.45, 7) is 11.2. The van der Waals surface area contributed by atoms with Gasteiger partial charge in [-0.2, -0.15) is 0 Å². The van der Waals surface area contributed by atoms with Crippen LogP contribution in [0.25, 0.3) is 11.3 Å². The summed E-state index contributed by atoms with van der Waals surface area (Å²) < 4.78 is 0. The van der Waals surface area contributed by atoms with Crippen LogP contribution in [-0.4, -0.2) is 60.4 Å². The van der Waals surface area contributed by atoms with Gasteiger partial charge in [0.2, 0.25) is 0 Å². The van der Waals surface area contributed by atoms with Gasteiger partial charge in [-0.1, -0.05) is 35.3 Å². The minimum absolute atomic E-state index is 0.607. The van der Waals surface area contributed by atoms with Crippen molar-refractivity contribution in [2.75, 3.05) is 54.4 Å². The van der Waals surface area contributed by atoms with E-state index < -0.39 is 0 Å². The number of aromatic nitrogens is 2. The molecular weight excluding hydrogens is 467 g/mol. The van der Waals surface area contributed by atoms with Gasteiger partial charge in [-0.05, 0) is 55.8 Å². The van der Waals surface area contributed by atoms with Gasteiger partial charge in [0, 0.05) is 73.2 Å². The van der Waals surface area contributed by atoms with Crippen LogP contribution in [0.2, 0.25) is 10.0 Å². The summed E-state index contributed by atoms with van der Waals surface area (Å²) in [5, 5.41) is 13.8. The first-order valence-electron chi connectivity index (χ1n) is 11.9. The Labute approximate surface area is 211 Å². The summed E-state index contributed by atoms with van der Waals surface area (Å²) in [6, 6.07) is 17.0. The number of halogens is 2. The van der Waals surface area contributed by atoms with Crippen LogP contribution in [0.15, 0.2) is 48.5 Å². The van der Waals surface area contributed by atoms with Crippen LogP contribution in [0.3, 0.4) is 0 Å². The van der Waals surface area contributed by atoms with Crippen molar-refractivity contribution >= 4 is 40.4 Å². The fraction of sp³-hybridized carbons (Fsp3) is 0.385. The van der Waals surface area contributed by atoms with Crippen molar-refractivity contribution in [1.82, 2.24) is 15.1 Å². The molecule has 1 saturated heterocycles. The largest absolute Gasteiger partial charge is 0.369 e. The average molecular weight is 497 g/mol. The summed E-state index contributed by atoms with van der Waals surface area (Å²) in [5.41, 5.74) is 5.22. The highest BCUT2D eigenvalue weighted by molar-refractivity contribution is 6.33. The van der Waals surface area contributed by atoms with Gasteiger partial charge in [-0.25, -0.2) is 0 Å². The maximum absolute atomic E-state index is 6.44. The summed E-state index contributed by atoms with van der Waals surface area (Å²) in [6.07, 6.45) is 0. The Hall–Kier alpha value is -2.54. The Morgan fingerprint density at radius 2 is 1.68 bits per heavy atom. The Balaban J connectivity index is 1.34. The fourth-order valence-corrected chi connectivity index (χ4v) is 5.07. The minimum Gasteiger partial charge on any atom is -0.369 e. The normalized spacial score (nSPS) is 16.5. The van der Waals surface area contributed by atoms with Gasteiger partial charge in [0.25, 0.3) is 0 Å². The number of hydrogen-bond acceptors (Lipinski definition) is 6. The molecule has 1 N–H and O–H groups in total. The highest BCUT2D eigenvalue weighted by Crippen LogP contribution is 2.33. The number of benzene rings is 2. The van der Waals surface area contributed by atoms with Crippen molar-refractivity contribution < 1.29 is 0 Å². The van der Waals surface area contributed by atoms with E-state index in [1.165, 1.54) is 5.69 Å².